The predicted molar refractivity (Wildman–Crippen MR) is 173 cm³/mol. The summed E-state index contributed by atoms with van der Waals surface area (Å²) in [4.78, 5) is 54.7. The first-order chi connectivity index (χ1) is 22.1. The standard InChI is InChI=1S/C35H42N4O7/c1-23(2)25-10-14-27(15-11-25)45-20-18-36-34(43)29-16-17-32(41)37-30(22-24-8-12-26(40)13-9-24)35(44)39(3)19-21-46-31-7-5-4-6-28(31)33(42)38-29/h4-15,23,29-30,40H,16-22H2,1-3H3,(H,36,43)(H,37,41)(H,38,42)/t29-,30-/m0/s1. The lowest BCUT2D eigenvalue weighted by molar-refractivity contribution is -0.135. The Labute approximate surface area is 269 Å². The van der Waals surface area contributed by atoms with Gasteiger partial charge in [-0.1, -0.05) is 50.2 Å². The number of fused-ring (bicyclic) bond motifs is 1. The van der Waals surface area contributed by atoms with Gasteiger partial charge in [-0.15, -0.1) is 0 Å². The number of hydrogen-bond acceptors (Lipinski definition) is 7. The highest BCUT2D eigenvalue weighted by Crippen LogP contribution is 2.20. The van der Waals surface area contributed by atoms with E-state index in [0.29, 0.717) is 17.4 Å². The molecule has 0 fully saturated rings. The number of phenolic OH excluding ortho intramolecular Hbond substituents is 1. The third kappa shape index (κ3) is 9.72. The van der Waals surface area contributed by atoms with Gasteiger partial charge in [-0.3, -0.25) is 19.2 Å². The van der Waals surface area contributed by atoms with Crippen LogP contribution in [0.25, 0.3) is 0 Å². The van der Waals surface area contributed by atoms with E-state index >= 15 is 0 Å². The molecule has 2 atom stereocenters. The number of likely N-dealkylation sites (N-methyl/N-ethyl adjacent to an activating group) is 1. The number of benzene rings is 3. The van der Waals surface area contributed by atoms with Crippen LogP contribution in [0.5, 0.6) is 17.2 Å². The van der Waals surface area contributed by atoms with Gasteiger partial charge in [0, 0.05) is 19.9 Å². The summed E-state index contributed by atoms with van der Waals surface area (Å²) in [6, 6.07) is 18.9. The zero-order valence-electron chi connectivity index (χ0n) is 26.5. The summed E-state index contributed by atoms with van der Waals surface area (Å²) >= 11 is 0. The number of aromatic hydroxyl groups is 1. The first-order valence-electron chi connectivity index (χ1n) is 15.5. The fourth-order valence-corrected chi connectivity index (χ4v) is 4.98. The number of nitrogens with one attached hydrogen (secondary N) is 3. The Morgan fingerprint density at radius 3 is 2.46 bits per heavy atom. The minimum atomic E-state index is -1.05. The van der Waals surface area contributed by atoms with Crippen LogP contribution in [0.4, 0.5) is 0 Å². The van der Waals surface area contributed by atoms with E-state index in [0.717, 1.165) is 5.56 Å². The molecule has 46 heavy (non-hydrogen) atoms. The van der Waals surface area contributed by atoms with Crippen molar-refractivity contribution in [1.29, 1.82) is 0 Å². The van der Waals surface area contributed by atoms with Crippen molar-refractivity contribution in [2.24, 2.45) is 0 Å². The maximum Gasteiger partial charge on any atom is 0.255 e. The van der Waals surface area contributed by atoms with E-state index in [1.165, 1.54) is 22.6 Å². The molecule has 0 unspecified atom stereocenters. The monoisotopic (exact) mass is 630 g/mol. The van der Waals surface area contributed by atoms with Gasteiger partial charge in [0.15, 0.2) is 0 Å². The molecule has 4 N–H and O–H groups in total. The number of hydrogen-bond donors (Lipinski definition) is 4. The molecular weight excluding hydrogens is 588 g/mol. The number of nitrogens with zero attached hydrogens (tertiary/aromatic N) is 1. The summed E-state index contributed by atoms with van der Waals surface area (Å²) < 4.78 is 11.7. The lowest BCUT2D eigenvalue weighted by Crippen LogP contribution is -2.50. The molecular formula is C35H42N4O7. The predicted octanol–water partition coefficient (Wildman–Crippen LogP) is 3.17. The molecule has 0 bridgehead atoms. The molecule has 0 spiro atoms. The first kappa shape index (κ1) is 33.8. The van der Waals surface area contributed by atoms with Gasteiger partial charge in [0.2, 0.25) is 17.7 Å². The topological polar surface area (TPSA) is 146 Å². The van der Waals surface area contributed by atoms with E-state index in [1.807, 2.05) is 24.3 Å². The second-order valence-electron chi connectivity index (χ2n) is 11.5. The molecule has 0 saturated heterocycles. The Balaban J connectivity index is 1.47. The lowest BCUT2D eigenvalue weighted by atomic mass is 10.0. The van der Waals surface area contributed by atoms with Crippen molar-refractivity contribution in [3.63, 3.8) is 0 Å². The van der Waals surface area contributed by atoms with E-state index in [1.54, 1.807) is 43.4 Å². The molecule has 1 aliphatic rings. The Bertz CT molecular complexity index is 1490. The highest BCUT2D eigenvalue weighted by atomic mass is 16.5. The minimum absolute atomic E-state index is 0.0140. The molecule has 4 rings (SSSR count). The molecule has 0 radical (unpaired) electrons. The highest BCUT2D eigenvalue weighted by molar-refractivity contribution is 5.99. The van der Waals surface area contributed by atoms with E-state index in [2.05, 4.69) is 29.8 Å². The van der Waals surface area contributed by atoms with Crippen LogP contribution in [0, 0.1) is 0 Å². The van der Waals surface area contributed by atoms with Gasteiger partial charge >= 0.3 is 0 Å². The van der Waals surface area contributed by atoms with Gasteiger partial charge in [0.05, 0.1) is 18.7 Å². The van der Waals surface area contributed by atoms with Crippen LogP contribution in [0.2, 0.25) is 0 Å². The zero-order valence-corrected chi connectivity index (χ0v) is 26.5. The van der Waals surface area contributed by atoms with E-state index in [9.17, 15) is 24.3 Å². The fourth-order valence-electron chi connectivity index (χ4n) is 4.98. The Kier molecular flexibility index (Phi) is 12.0. The minimum Gasteiger partial charge on any atom is -0.508 e. The number of carbonyl (C=O) groups excluding carboxylic acids is 4. The van der Waals surface area contributed by atoms with Crippen molar-refractivity contribution in [2.75, 3.05) is 33.4 Å². The van der Waals surface area contributed by atoms with E-state index in [4.69, 9.17) is 9.47 Å². The molecule has 0 aromatic heterocycles. The van der Waals surface area contributed by atoms with Crippen molar-refractivity contribution in [1.82, 2.24) is 20.9 Å². The number of phenols is 1. The number of rotatable bonds is 8. The average molecular weight is 631 g/mol. The van der Waals surface area contributed by atoms with Gasteiger partial charge in [-0.25, -0.2) is 0 Å². The SMILES string of the molecule is CC(C)c1ccc(OCCNC(=O)[C@@H]2CCC(=O)N[C@@H](Cc3ccc(O)cc3)C(=O)N(C)CCOc3ccccc3C(=O)N2)cc1. The maximum absolute atomic E-state index is 13.4. The number of ether oxygens (including phenoxy) is 2. The van der Waals surface area contributed by atoms with Crippen molar-refractivity contribution < 1.29 is 33.8 Å². The number of para-hydroxylation sites is 1. The molecule has 11 nitrogen and oxygen atoms in total. The molecule has 1 heterocycles. The molecule has 3 aromatic carbocycles. The van der Waals surface area contributed by atoms with Gasteiger partial charge in [0.25, 0.3) is 5.91 Å². The summed E-state index contributed by atoms with van der Waals surface area (Å²) in [6.07, 6.45) is 0.0535. The van der Waals surface area contributed by atoms with Gasteiger partial charge in [-0.2, -0.15) is 0 Å². The molecule has 1 aliphatic heterocycles. The van der Waals surface area contributed by atoms with Gasteiger partial charge < -0.3 is 35.4 Å². The third-order valence-corrected chi connectivity index (χ3v) is 7.70. The maximum atomic E-state index is 13.4. The Morgan fingerprint density at radius 1 is 1.02 bits per heavy atom. The third-order valence-electron chi connectivity index (χ3n) is 7.70. The van der Waals surface area contributed by atoms with Crippen molar-refractivity contribution in [3.05, 3.63) is 89.5 Å². The summed E-state index contributed by atoms with van der Waals surface area (Å²) in [5.41, 5.74) is 2.17. The Hall–Kier alpha value is -5.06. The van der Waals surface area contributed by atoms with Crippen LogP contribution >= 0.6 is 0 Å². The van der Waals surface area contributed by atoms with Crippen LogP contribution < -0.4 is 25.4 Å². The number of carbonyl (C=O) groups is 4. The lowest BCUT2D eigenvalue weighted by Gasteiger charge is -2.25. The van der Waals surface area contributed by atoms with Crippen LogP contribution in [0.15, 0.2) is 72.8 Å². The molecule has 3 aromatic rings. The zero-order chi connectivity index (χ0) is 33.1. The largest absolute Gasteiger partial charge is 0.508 e. The molecule has 11 heteroatoms. The van der Waals surface area contributed by atoms with Gasteiger partial charge in [0.1, 0.15) is 42.5 Å². The van der Waals surface area contributed by atoms with Crippen molar-refractivity contribution in [2.45, 2.75) is 51.1 Å². The number of amides is 4. The summed E-state index contributed by atoms with van der Waals surface area (Å²) in [5.74, 6) is -0.291. The van der Waals surface area contributed by atoms with Crippen LogP contribution in [0.1, 0.15) is 54.1 Å². The molecule has 244 valence electrons. The summed E-state index contributed by atoms with van der Waals surface area (Å²) in [6.45, 7) is 4.90. The summed E-state index contributed by atoms with van der Waals surface area (Å²) in [5, 5.41) is 18.0. The second kappa shape index (κ2) is 16.3. The van der Waals surface area contributed by atoms with E-state index < -0.39 is 29.8 Å². The highest BCUT2D eigenvalue weighted by Gasteiger charge is 2.28. The molecule has 0 saturated carbocycles. The Morgan fingerprint density at radius 2 is 1.74 bits per heavy atom. The fraction of sp³-hybridized carbons (Fsp3) is 0.371. The van der Waals surface area contributed by atoms with Gasteiger partial charge in [-0.05, 0) is 59.9 Å². The average Bonchev–Trinajstić information content (AvgIpc) is 3.05. The first-order valence-corrected chi connectivity index (χ1v) is 15.5. The molecule has 4 amide bonds. The summed E-state index contributed by atoms with van der Waals surface area (Å²) in [7, 11) is 1.61. The van der Waals surface area contributed by atoms with Crippen molar-refractivity contribution in [3.8, 4) is 17.2 Å². The van der Waals surface area contributed by atoms with E-state index in [-0.39, 0.29) is 62.8 Å². The smallest absolute Gasteiger partial charge is 0.255 e. The van der Waals surface area contributed by atoms with Crippen molar-refractivity contribution >= 4 is 23.6 Å². The van der Waals surface area contributed by atoms with Crippen LogP contribution in [0.3, 0.4) is 0 Å². The van der Waals surface area contributed by atoms with Crippen LogP contribution in [-0.4, -0.2) is 79.1 Å². The molecule has 0 aliphatic carbocycles. The second-order valence-corrected chi connectivity index (χ2v) is 11.5. The van der Waals surface area contributed by atoms with Crippen LogP contribution in [-0.2, 0) is 20.8 Å². The quantitative estimate of drug-likeness (QED) is 0.280. The normalized spacial score (nSPS) is 17.9.